The Labute approximate surface area is 158 Å². The molecule has 0 aliphatic carbocycles. The van der Waals surface area contributed by atoms with Gasteiger partial charge in [0.05, 0.1) is 45.2 Å². The summed E-state index contributed by atoms with van der Waals surface area (Å²) in [7, 11) is 4.10. The monoisotopic (exact) mass is 370 g/mol. The maximum absolute atomic E-state index is 12.5. The van der Waals surface area contributed by atoms with Crippen LogP contribution in [0.25, 0.3) is 0 Å². The molecule has 5 nitrogen and oxygen atoms in total. The Morgan fingerprint density at radius 3 is 2.69 bits per heavy atom. The minimum absolute atomic E-state index is 0.0696. The molecular formula is C20H24N3O2S+. The molecule has 1 aliphatic rings. The number of hydrogen-bond acceptors (Lipinski definition) is 3. The first kappa shape index (κ1) is 18.5. The van der Waals surface area contributed by atoms with Gasteiger partial charge in [-0.25, -0.2) is 0 Å². The number of amides is 2. The second-order valence-electron chi connectivity index (χ2n) is 6.65. The molecule has 2 aromatic rings. The van der Waals surface area contributed by atoms with E-state index in [1.54, 1.807) is 4.90 Å². The largest absolute Gasteiger partial charge is 0.346 e. The van der Waals surface area contributed by atoms with E-state index in [9.17, 15) is 9.59 Å². The standard InChI is InChI=1S/C20H23N3O2S/c1-22(2)11-10-21-20(25)16-8-9-18-17(12-16)23(19(24)14-26-18)13-15-6-4-3-5-7-15/h3-9,12H,10-11,13-14H2,1-2H3,(H,21,25)/p+1. The van der Waals surface area contributed by atoms with E-state index in [2.05, 4.69) is 19.4 Å². The first-order chi connectivity index (χ1) is 12.5. The number of nitrogens with one attached hydrogen (secondary N) is 2. The second kappa shape index (κ2) is 8.38. The third-order valence-electron chi connectivity index (χ3n) is 4.26. The molecule has 0 atom stereocenters. The number of likely N-dealkylation sites (N-methyl/N-ethyl adjacent to an activating group) is 1. The molecule has 0 saturated carbocycles. The van der Waals surface area contributed by atoms with Crippen LogP contribution in [0.2, 0.25) is 0 Å². The highest BCUT2D eigenvalue weighted by Crippen LogP contribution is 2.36. The summed E-state index contributed by atoms with van der Waals surface area (Å²) < 4.78 is 0. The zero-order chi connectivity index (χ0) is 18.5. The number of benzene rings is 2. The molecule has 0 fully saturated rings. The average Bonchev–Trinajstić information content (AvgIpc) is 2.64. The van der Waals surface area contributed by atoms with Crippen molar-refractivity contribution >= 4 is 29.3 Å². The van der Waals surface area contributed by atoms with E-state index >= 15 is 0 Å². The van der Waals surface area contributed by atoms with Crippen molar-refractivity contribution in [2.24, 2.45) is 0 Å². The number of nitrogens with zero attached hydrogens (tertiary/aromatic N) is 1. The number of rotatable bonds is 6. The smallest absolute Gasteiger partial charge is 0.251 e. The number of anilines is 1. The molecule has 0 unspecified atom stereocenters. The summed E-state index contributed by atoms with van der Waals surface area (Å²) in [5.41, 5.74) is 2.48. The summed E-state index contributed by atoms with van der Waals surface area (Å²) in [6.07, 6.45) is 0. The Hall–Kier alpha value is -2.31. The number of quaternary nitrogens is 1. The van der Waals surface area contributed by atoms with Crippen LogP contribution in [0.1, 0.15) is 15.9 Å². The first-order valence-electron chi connectivity index (χ1n) is 8.73. The zero-order valence-corrected chi connectivity index (χ0v) is 15.9. The molecule has 2 aromatic carbocycles. The van der Waals surface area contributed by atoms with Crippen LogP contribution >= 0.6 is 11.8 Å². The van der Waals surface area contributed by atoms with E-state index in [1.807, 2.05) is 48.5 Å². The molecule has 0 bridgehead atoms. The van der Waals surface area contributed by atoms with Crippen molar-refractivity contribution in [1.29, 1.82) is 0 Å². The van der Waals surface area contributed by atoms with Gasteiger partial charge in [0.1, 0.15) is 0 Å². The van der Waals surface area contributed by atoms with Crippen LogP contribution in [0.4, 0.5) is 5.69 Å². The van der Waals surface area contributed by atoms with E-state index in [0.717, 1.165) is 22.7 Å². The third-order valence-corrected chi connectivity index (χ3v) is 5.31. The number of hydrogen-bond donors (Lipinski definition) is 2. The highest BCUT2D eigenvalue weighted by molar-refractivity contribution is 8.00. The van der Waals surface area contributed by atoms with Crippen LogP contribution in [0.3, 0.4) is 0 Å². The molecule has 3 rings (SSSR count). The van der Waals surface area contributed by atoms with Crippen molar-refractivity contribution in [3.63, 3.8) is 0 Å². The predicted molar refractivity (Wildman–Crippen MR) is 105 cm³/mol. The van der Waals surface area contributed by atoms with E-state index in [-0.39, 0.29) is 11.8 Å². The predicted octanol–water partition coefficient (Wildman–Crippen LogP) is 1.20. The SMILES string of the molecule is C[NH+](C)CCNC(=O)c1ccc2c(c1)N(Cc1ccccc1)C(=O)CS2. The lowest BCUT2D eigenvalue weighted by atomic mass is 10.1. The minimum atomic E-state index is -0.100. The summed E-state index contributed by atoms with van der Waals surface area (Å²) in [6.45, 7) is 2.01. The van der Waals surface area contributed by atoms with Crippen LogP contribution in [-0.4, -0.2) is 44.8 Å². The Balaban J connectivity index is 1.81. The Bertz CT molecular complexity index is 793. The fourth-order valence-electron chi connectivity index (χ4n) is 2.81. The fourth-order valence-corrected chi connectivity index (χ4v) is 3.73. The minimum Gasteiger partial charge on any atom is -0.346 e. The van der Waals surface area contributed by atoms with Crippen LogP contribution in [0.15, 0.2) is 53.4 Å². The van der Waals surface area contributed by atoms with Gasteiger partial charge in [-0.05, 0) is 23.8 Å². The Morgan fingerprint density at radius 2 is 1.96 bits per heavy atom. The normalized spacial score (nSPS) is 13.7. The molecule has 2 amide bonds. The molecule has 26 heavy (non-hydrogen) atoms. The summed E-state index contributed by atoms with van der Waals surface area (Å²) in [5.74, 6) is 0.397. The fraction of sp³-hybridized carbons (Fsp3) is 0.300. The first-order valence-corrected chi connectivity index (χ1v) is 9.71. The molecule has 1 aliphatic heterocycles. The van der Waals surface area contributed by atoms with Gasteiger partial charge in [-0.3, -0.25) is 9.59 Å². The number of carbonyl (C=O) groups excluding carboxylic acids is 2. The van der Waals surface area contributed by atoms with Crippen LogP contribution in [0, 0.1) is 0 Å². The summed E-state index contributed by atoms with van der Waals surface area (Å²) in [5, 5.41) is 2.94. The van der Waals surface area contributed by atoms with Gasteiger partial charge in [0.25, 0.3) is 5.91 Å². The number of thioether (sulfide) groups is 1. The van der Waals surface area contributed by atoms with Crippen LogP contribution in [0.5, 0.6) is 0 Å². The molecule has 6 heteroatoms. The molecule has 0 aromatic heterocycles. The van der Waals surface area contributed by atoms with Crippen molar-refractivity contribution in [1.82, 2.24) is 5.32 Å². The van der Waals surface area contributed by atoms with E-state index in [1.165, 1.54) is 16.7 Å². The molecular weight excluding hydrogens is 346 g/mol. The van der Waals surface area contributed by atoms with Crippen molar-refractivity contribution < 1.29 is 14.5 Å². The molecule has 0 spiro atoms. The van der Waals surface area contributed by atoms with Crippen molar-refractivity contribution in [3.05, 3.63) is 59.7 Å². The Morgan fingerprint density at radius 1 is 1.19 bits per heavy atom. The van der Waals surface area contributed by atoms with E-state index in [0.29, 0.717) is 24.4 Å². The quantitative estimate of drug-likeness (QED) is 0.803. The molecule has 0 radical (unpaired) electrons. The Kier molecular flexibility index (Phi) is 5.96. The van der Waals surface area contributed by atoms with Gasteiger partial charge in [0, 0.05) is 10.5 Å². The average molecular weight is 370 g/mol. The third kappa shape index (κ3) is 4.45. The van der Waals surface area contributed by atoms with Crippen molar-refractivity contribution in [2.75, 3.05) is 37.8 Å². The lowest BCUT2D eigenvalue weighted by Gasteiger charge is -2.29. The topological polar surface area (TPSA) is 53.9 Å². The van der Waals surface area contributed by atoms with Gasteiger partial charge in [-0.1, -0.05) is 30.3 Å². The zero-order valence-electron chi connectivity index (χ0n) is 15.1. The number of carbonyl (C=O) groups is 2. The number of fused-ring (bicyclic) bond motifs is 1. The van der Waals surface area contributed by atoms with Gasteiger partial charge < -0.3 is 15.1 Å². The van der Waals surface area contributed by atoms with Gasteiger partial charge >= 0.3 is 0 Å². The van der Waals surface area contributed by atoms with Crippen molar-refractivity contribution in [2.45, 2.75) is 11.4 Å². The lowest BCUT2D eigenvalue weighted by molar-refractivity contribution is -0.856. The summed E-state index contributed by atoms with van der Waals surface area (Å²) in [6, 6.07) is 15.5. The highest BCUT2D eigenvalue weighted by Gasteiger charge is 2.26. The van der Waals surface area contributed by atoms with Gasteiger partial charge in [-0.15, -0.1) is 11.8 Å². The van der Waals surface area contributed by atoms with Gasteiger partial charge in [-0.2, -0.15) is 0 Å². The molecule has 136 valence electrons. The van der Waals surface area contributed by atoms with E-state index in [4.69, 9.17) is 0 Å². The van der Waals surface area contributed by atoms with E-state index < -0.39 is 0 Å². The van der Waals surface area contributed by atoms with Gasteiger partial charge in [0.15, 0.2) is 0 Å². The second-order valence-corrected chi connectivity index (χ2v) is 7.67. The lowest BCUT2D eigenvalue weighted by Crippen LogP contribution is -3.06. The summed E-state index contributed by atoms with van der Waals surface area (Å²) in [4.78, 5) is 29.0. The molecule has 1 heterocycles. The van der Waals surface area contributed by atoms with Crippen molar-refractivity contribution in [3.8, 4) is 0 Å². The summed E-state index contributed by atoms with van der Waals surface area (Å²) >= 11 is 1.53. The van der Waals surface area contributed by atoms with Crippen LogP contribution < -0.4 is 15.1 Å². The maximum atomic E-state index is 12.5. The molecule has 0 saturated heterocycles. The van der Waals surface area contributed by atoms with Gasteiger partial charge in [0.2, 0.25) is 5.91 Å². The van der Waals surface area contributed by atoms with Crippen LogP contribution in [-0.2, 0) is 11.3 Å². The maximum Gasteiger partial charge on any atom is 0.251 e. The highest BCUT2D eigenvalue weighted by atomic mass is 32.2. The molecule has 2 N–H and O–H groups in total.